The standard InChI is InChI=1S/C13H16F2O4/c1-7(2)10(12(17)18)11(16)8-5-3-4-6-9(8)19-13(14)15/h3-7,10-11,13,16H,1-2H3,(H,17,18). The van der Waals surface area contributed by atoms with Gasteiger partial charge in [-0.2, -0.15) is 8.78 Å². The molecule has 0 aliphatic rings. The third kappa shape index (κ3) is 3.89. The smallest absolute Gasteiger partial charge is 0.387 e. The number of aliphatic carboxylic acids is 1. The second-order valence-corrected chi connectivity index (χ2v) is 4.47. The summed E-state index contributed by atoms with van der Waals surface area (Å²) in [5.74, 6) is -2.85. The van der Waals surface area contributed by atoms with E-state index in [1.807, 2.05) is 0 Å². The van der Waals surface area contributed by atoms with Crippen LogP contribution in [-0.4, -0.2) is 22.8 Å². The van der Waals surface area contributed by atoms with Gasteiger partial charge >= 0.3 is 12.6 Å². The van der Waals surface area contributed by atoms with E-state index in [2.05, 4.69) is 4.74 Å². The number of hydrogen-bond donors (Lipinski definition) is 2. The van der Waals surface area contributed by atoms with Crippen LogP contribution in [0.1, 0.15) is 25.5 Å². The molecule has 0 fully saturated rings. The molecule has 2 unspecified atom stereocenters. The molecule has 106 valence electrons. The molecule has 2 N–H and O–H groups in total. The highest BCUT2D eigenvalue weighted by atomic mass is 19.3. The highest BCUT2D eigenvalue weighted by molar-refractivity contribution is 5.71. The van der Waals surface area contributed by atoms with Crippen molar-refractivity contribution >= 4 is 5.97 Å². The third-order valence-corrected chi connectivity index (χ3v) is 2.80. The molecule has 0 aliphatic heterocycles. The number of hydrogen-bond acceptors (Lipinski definition) is 3. The van der Waals surface area contributed by atoms with Crippen LogP contribution in [0.15, 0.2) is 24.3 Å². The van der Waals surface area contributed by atoms with E-state index in [9.17, 15) is 18.7 Å². The predicted octanol–water partition coefficient (Wildman–Crippen LogP) is 2.68. The number of rotatable bonds is 6. The number of carbonyl (C=O) groups is 1. The molecule has 1 rings (SSSR count). The van der Waals surface area contributed by atoms with Crippen LogP contribution in [0.4, 0.5) is 8.78 Å². The molecule has 0 saturated heterocycles. The Morgan fingerprint density at radius 1 is 1.26 bits per heavy atom. The van der Waals surface area contributed by atoms with E-state index in [4.69, 9.17) is 5.11 Å². The lowest BCUT2D eigenvalue weighted by atomic mass is 9.86. The number of benzene rings is 1. The molecule has 0 amide bonds. The minimum atomic E-state index is -3.03. The molecule has 4 nitrogen and oxygen atoms in total. The van der Waals surface area contributed by atoms with Gasteiger partial charge in [0.1, 0.15) is 5.75 Å². The van der Waals surface area contributed by atoms with Gasteiger partial charge in [-0.3, -0.25) is 4.79 Å². The van der Waals surface area contributed by atoms with E-state index >= 15 is 0 Å². The Bertz CT molecular complexity index is 434. The van der Waals surface area contributed by atoms with E-state index in [-0.39, 0.29) is 17.2 Å². The Morgan fingerprint density at radius 3 is 2.32 bits per heavy atom. The van der Waals surface area contributed by atoms with Crippen LogP contribution in [-0.2, 0) is 4.79 Å². The Hall–Kier alpha value is -1.69. The number of aliphatic hydroxyl groups is 1. The zero-order valence-corrected chi connectivity index (χ0v) is 10.6. The highest BCUT2D eigenvalue weighted by Crippen LogP contribution is 2.34. The predicted molar refractivity (Wildman–Crippen MR) is 64.0 cm³/mol. The molecule has 2 atom stereocenters. The van der Waals surface area contributed by atoms with Crippen LogP contribution in [0.25, 0.3) is 0 Å². The molecule has 0 saturated carbocycles. The van der Waals surface area contributed by atoms with Gasteiger partial charge in [-0.15, -0.1) is 0 Å². The average Bonchev–Trinajstić information content (AvgIpc) is 2.27. The summed E-state index contributed by atoms with van der Waals surface area (Å²) in [6.07, 6.45) is -1.41. The first-order valence-corrected chi connectivity index (χ1v) is 5.79. The van der Waals surface area contributed by atoms with Crippen LogP contribution >= 0.6 is 0 Å². The maximum Gasteiger partial charge on any atom is 0.387 e. The first-order valence-electron chi connectivity index (χ1n) is 5.79. The average molecular weight is 274 g/mol. The quantitative estimate of drug-likeness (QED) is 0.837. The van der Waals surface area contributed by atoms with Gasteiger partial charge in [0.05, 0.1) is 12.0 Å². The van der Waals surface area contributed by atoms with Gasteiger partial charge in [0.2, 0.25) is 0 Å². The molecule has 0 bridgehead atoms. The second-order valence-electron chi connectivity index (χ2n) is 4.47. The summed E-state index contributed by atoms with van der Waals surface area (Å²) in [6.45, 7) is 0.243. The summed E-state index contributed by atoms with van der Waals surface area (Å²) in [5.41, 5.74) is 0.0453. The van der Waals surface area contributed by atoms with Gasteiger partial charge in [0, 0.05) is 5.56 Å². The maximum absolute atomic E-state index is 12.3. The summed E-state index contributed by atoms with van der Waals surface area (Å²) in [4.78, 5) is 11.1. The summed E-state index contributed by atoms with van der Waals surface area (Å²) in [6, 6.07) is 5.64. The molecular formula is C13H16F2O4. The first kappa shape index (κ1) is 15.4. The van der Waals surface area contributed by atoms with Gasteiger partial charge < -0.3 is 14.9 Å². The topological polar surface area (TPSA) is 66.8 Å². The number of para-hydroxylation sites is 1. The molecule has 6 heteroatoms. The maximum atomic E-state index is 12.3. The van der Waals surface area contributed by atoms with Gasteiger partial charge in [-0.25, -0.2) is 0 Å². The molecule has 0 heterocycles. The van der Waals surface area contributed by atoms with Gasteiger partial charge in [-0.1, -0.05) is 32.0 Å². The van der Waals surface area contributed by atoms with Crippen molar-refractivity contribution in [3.8, 4) is 5.75 Å². The van der Waals surface area contributed by atoms with Crippen LogP contribution < -0.4 is 4.74 Å². The van der Waals surface area contributed by atoms with Crippen molar-refractivity contribution in [2.75, 3.05) is 0 Å². The number of ether oxygens (including phenoxy) is 1. The van der Waals surface area contributed by atoms with E-state index in [1.54, 1.807) is 13.8 Å². The molecule has 0 spiro atoms. The Balaban J connectivity index is 3.10. The summed E-state index contributed by atoms with van der Waals surface area (Å²) in [5, 5.41) is 19.2. The zero-order valence-electron chi connectivity index (χ0n) is 10.6. The minimum absolute atomic E-state index is 0.0453. The number of aliphatic hydroxyl groups excluding tert-OH is 1. The molecule has 1 aromatic rings. The lowest BCUT2D eigenvalue weighted by Gasteiger charge is -2.24. The fourth-order valence-corrected chi connectivity index (χ4v) is 1.91. The molecular weight excluding hydrogens is 258 g/mol. The Kier molecular flexibility index (Phi) is 5.23. The lowest BCUT2D eigenvalue weighted by Crippen LogP contribution is -2.27. The van der Waals surface area contributed by atoms with Crippen LogP contribution in [0.2, 0.25) is 0 Å². The van der Waals surface area contributed by atoms with Crippen molar-refractivity contribution < 1.29 is 28.5 Å². The van der Waals surface area contributed by atoms with Gasteiger partial charge in [-0.05, 0) is 12.0 Å². The van der Waals surface area contributed by atoms with Crippen molar-refractivity contribution in [3.05, 3.63) is 29.8 Å². The van der Waals surface area contributed by atoms with Gasteiger partial charge in [0.25, 0.3) is 0 Å². The third-order valence-electron chi connectivity index (χ3n) is 2.80. The molecule has 0 aliphatic carbocycles. The summed E-state index contributed by atoms with van der Waals surface area (Å²) < 4.78 is 28.8. The van der Waals surface area contributed by atoms with E-state index in [0.29, 0.717) is 0 Å². The zero-order chi connectivity index (χ0) is 14.6. The van der Waals surface area contributed by atoms with E-state index < -0.39 is 24.6 Å². The Morgan fingerprint density at radius 2 is 1.84 bits per heavy atom. The van der Waals surface area contributed by atoms with Crippen LogP contribution in [0.5, 0.6) is 5.75 Å². The SMILES string of the molecule is CC(C)C(C(=O)O)C(O)c1ccccc1OC(F)F. The fourth-order valence-electron chi connectivity index (χ4n) is 1.91. The number of carboxylic acids is 1. The monoisotopic (exact) mass is 274 g/mol. The molecule has 19 heavy (non-hydrogen) atoms. The van der Waals surface area contributed by atoms with Crippen molar-refractivity contribution in [1.82, 2.24) is 0 Å². The van der Waals surface area contributed by atoms with Gasteiger partial charge in [0.15, 0.2) is 0 Å². The van der Waals surface area contributed by atoms with Crippen LogP contribution in [0.3, 0.4) is 0 Å². The fraction of sp³-hybridized carbons (Fsp3) is 0.462. The molecule has 0 aromatic heterocycles. The van der Waals surface area contributed by atoms with Crippen LogP contribution in [0, 0.1) is 11.8 Å². The normalized spacial score (nSPS) is 14.5. The number of carboxylic acid groups (broad SMARTS) is 1. The first-order chi connectivity index (χ1) is 8.84. The van der Waals surface area contributed by atoms with Crippen molar-refractivity contribution in [2.24, 2.45) is 11.8 Å². The van der Waals surface area contributed by atoms with E-state index in [0.717, 1.165) is 0 Å². The number of alkyl halides is 2. The van der Waals surface area contributed by atoms with E-state index in [1.165, 1.54) is 24.3 Å². The summed E-state index contributed by atoms with van der Waals surface area (Å²) >= 11 is 0. The Labute approximate surface area is 109 Å². The highest BCUT2D eigenvalue weighted by Gasteiger charge is 2.32. The summed E-state index contributed by atoms with van der Waals surface area (Å²) in [7, 11) is 0. The molecule has 0 radical (unpaired) electrons. The largest absolute Gasteiger partial charge is 0.481 e. The lowest BCUT2D eigenvalue weighted by molar-refractivity contribution is -0.148. The van der Waals surface area contributed by atoms with Crippen molar-refractivity contribution in [2.45, 2.75) is 26.6 Å². The van der Waals surface area contributed by atoms with Crippen molar-refractivity contribution in [3.63, 3.8) is 0 Å². The second kappa shape index (κ2) is 6.47. The number of halogens is 2. The van der Waals surface area contributed by atoms with Crippen molar-refractivity contribution in [1.29, 1.82) is 0 Å². The molecule has 1 aromatic carbocycles. The minimum Gasteiger partial charge on any atom is -0.481 e.